The van der Waals surface area contributed by atoms with Crippen molar-refractivity contribution in [1.29, 1.82) is 0 Å². The highest BCUT2D eigenvalue weighted by Crippen LogP contribution is 2.27. The molecule has 1 aliphatic heterocycles. The molecule has 30 heavy (non-hydrogen) atoms. The Hall–Kier alpha value is -2.90. The summed E-state index contributed by atoms with van der Waals surface area (Å²) in [5.74, 6) is -0.374. The van der Waals surface area contributed by atoms with Crippen LogP contribution in [-0.2, 0) is 20.8 Å². The summed E-state index contributed by atoms with van der Waals surface area (Å²) in [6.07, 6.45) is -0.534. The molecule has 2 amide bonds. The summed E-state index contributed by atoms with van der Waals surface area (Å²) < 4.78 is 10.1. The molecule has 2 rings (SSSR count). The third kappa shape index (κ3) is 5.81. The van der Waals surface area contributed by atoms with E-state index in [-0.39, 0.29) is 30.8 Å². The molecule has 0 unspecified atom stereocenters. The van der Waals surface area contributed by atoms with Crippen molar-refractivity contribution in [2.24, 2.45) is 10.9 Å². The van der Waals surface area contributed by atoms with E-state index in [0.29, 0.717) is 11.1 Å². The zero-order valence-corrected chi connectivity index (χ0v) is 18.7. The lowest BCUT2D eigenvalue weighted by Gasteiger charge is -2.43. The zero-order valence-electron chi connectivity index (χ0n) is 18.7. The SMILES string of the molecule is COC(=O)c1cccc(CN2C(=O)C[C@@](C)(C(C)C)N/C2=N/C(=O)OC(C)(C)C)c1. The quantitative estimate of drug-likeness (QED) is 0.753. The van der Waals surface area contributed by atoms with E-state index in [0.717, 1.165) is 0 Å². The molecule has 1 N–H and O–H groups in total. The highest BCUT2D eigenvalue weighted by Gasteiger charge is 2.41. The van der Waals surface area contributed by atoms with Crippen LogP contribution in [0.25, 0.3) is 0 Å². The van der Waals surface area contributed by atoms with Crippen molar-refractivity contribution in [3.63, 3.8) is 0 Å². The van der Waals surface area contributed by atoms with Crippen molar-refractivity contribution in [3.05, 3.63) is 35.4 Å². The molecule has 164 valence electrons. The molecule has 0 aromatic heterocycles. The van der Waals surface area contributed by atoms with Crippen LogP contribution in [0.2, 0.25) is 0 Å². The summed E-state index contributed by atoms with van der Waals surface area (Å²) in [7, 11) is 1.31. The zero-order chi connectivity index (χ0) is 22.7. The van der Waals surface area contributed by atoms with Gasteiger partial charge < -0.3 is 14.8 Å². The lowest BCUT2D eigenvalue weighted by Crippen LogP contribution is -2.63. The molecule has 1 aromatic rings. The Balaban J connectivity index is 2.38. The molecule has 1 fully saturated rings. The van der Waals surface area contributed by atoms with Gasteiger partial charge in [0, 0.05) is 5.54 Å². The Morgan fingerprint density at radius 1 is 1.30 bits per heavy atom. The molecule has 8 nitrogen and oxygen atoms in total. The third-order valence-corrected chi connectivity index (χ3v) is 5.03. The number of benzene rings is 1. The largest absolute Gasteiger partial charge is 0.465 e. The number of methoxy groups -OCH3 is 1. The van der Waals surface area contributed by atoms with Gasteiger partial charge in [-0.15, -0.1) is 4.99 Å². The number of aliphatic imine (C=N–C) groups is 1. The van der Waals surface area contributed by atoms with E-state index in [9.17, 15) is 14.4 Å². The summed E-state index contributed by atoms with van der Waals surface area (Å²) in [5.41, 5.74) is -0.175. The highest BCUT2D eigenvalue weighted by atomic mass is 16.6. The number of nitrogens with one attached hydrogen (secondary N) is 1. The molecule has 0 bridgehead atoms. The van der Waals surface area contributed by atoms with Gasteiger partial charge in [-0.2, -0.15) is 0 Å². The number of esters is 1. The number of ether oxygens (including phenoxy) is 2. The first kappa shape index (κ1) is 23.4. The first-order valence-corrected chi connectivity index (χ1v) is 9.92. The van der Waals surface area contributed by atoms with Crippen LogP contribution in [0.15, 0.2) is 29.3 Å². The van der Waals surface area contributed by atoms with Crippen molar-refractivity contribution in [1.82, 2.24) is 10.2 Å². The van der Waals surface area contributed by atoms with Gasteiger partial charge in [-0.3, -0.25) is 9.69 Å². The predicted octanol–water partition coefficient (Wildman–Crippen LogP) is 3.50. The van der Waals surface area contributed by atoms with Crippen LogP contribution in [0.1, 0.15) is 63.9 Å². The van der Waals surface area contributed by atoms with Gasteiger partial charge in [-0.1, -0.05) is 26.0 Å². The molecule has 1 atom stereocenters. The van der Waals surface area contributed by atoms with Gasteiger partial charge in [-0.25, -0.2) is 9.59 Å². The minimum absolute atomic E-state index is 0.120. The second kappa shape index (κ2) is 8.85. The fourth-order valence-corrected chi connectivity index (χ4v) is 2.96. The third-order valence-electron chi connectivity index (χ3n) is 5.03. The van der Waals surface area contributed by atoms with Gasteiger partial charge in [0.05, 0.1) is 25.6 Å². The molecule has 0 saturated carbocycles. The lowest BCUT2D eigenvalue weighted by atomic mass is 9.83. The van der Waals surface area contributed by atoms with Crippen LogP contribution in [0.5, 0.6) is 0 Å². The molecule has 0 spiro atoms. The number of carbonyl (C=O) groups is 3. The summed E-state index contributed by atoms with van der Waals surface area (Å²) in [4.78, 5) is 42.7. The standard InChI is InChI=1S/C22H31N3O5/c1-14(2)22(6)12-17(26)25(19(24-22)23-20(28)30-21(3,4)5)13-15-9-8-10-16(11-15)18(27)29-7/h8-11,14H,12-13H2,1-7H3,(H,23,24,28)/t22-/m0/s1. The molecular formula is C22H31N3O5. The number of guanidine groups is 1. The van der Waals surface area contributed by atoms with Gasteiger partial charge in [0.25, 0.3) is 0 Å². The van der Waals surface area contributed by atoms with Crippen LogP contribution in [-0.4, -0.2) is 47.1 Å². The van der Waals surface area contributed by atoms with E-state index in [1.54, 1.807) is 45.0 Å². The number of rotatable bonds is 4. The molecule has 1 aromatic carbocycles. The molecular weight excluding hydrogens is 386 g/mol. The first-order valence-electron chi connectivity index (χ1n) is 9.92. The molecule has 1 saturated heterocycles. The van der Waals surface area contributed by atoms with Gasteiger partial charge in [0.1, 0.15) is 5.60 Å². The van der Waals surface area contributed by atoms with Crippen LogP contribution < -0.4 is 5.32 Å². The number of nitrogens with zero attached hydrogens (tertiary/aromatic N) is 2. The number of amides is 2. The monoisotopic (exact) mass is 417 g/mol. The summed E-state index contributed by atoms with van der Waals surface area (Å²) in [6.45, 7) is 11.3. The second-order valence-electron chi connectivity index (χ2n) is 8.96. The fraction of sp³-hybridized carbons (Fsp3) is 0.545. The molecule has 1 aliphatic rings. The maximum Gasteiger partial charge on any atom is 0.437 e. The average Bonchev–Trinajstić information content (AvgIpc) is 2.62. The Morgan fingerprint density at radius 3 is 2.53 bits per heavy atom. The molecule has 0 radical (unpaired) electrons. The molecule has 0 aliphatic carbocycles. The van der Waals surface area contributed by atoms with Crippen LogP contribution in [0.3, 0.4) is 0 Å². The smallest absolute Gasteiger partial charge is 0.437 e. The van der Waals surface area contributed by atoms with Crippen molar-refractivity contribution in [2.75, 3.05) is 7.11 Å². The van der Waals surface area contributed by atoms with E-state index >= 15 is 0 Å². The number of hydrogen-bond donors (Lipinski definition) is 1. The van der Waals surface area contributed by atoms with Crippen molar-refractivity contribution < 1.29 is 23.9 Å². The lowest BCUT2D eigenvalue weighted by molar-refractivity contribution is -0.131. The maximum absolute atomic E-state index is 13.0. The van der Waals surface area contributed by atoms with E-state index in [4.69, 9.17) is 9.47 Å². The van der Waals surface area contributed by atoms with Crippen molar-refractivity contribution in [2.45, 2.75) is 65.6 Å². The van der Waals surface area contributed by atoms with E-state index < -0.39 is 23.2 Å². The Morgan fingerprint density at radius 2 is 1.97 bits per heavy atom. The predicted molar refractivity (Wildman–Crippen MR) is 113 cm³/mol. The summed E-state index contributed by atoms with van der Waals surface area (Å²) in [5, 5.41) is 3.26. The number of hydrogen-bond acceptors (Lipinski definition) is 5. The minimum Gasteiger partial charge on any atom is -0.465 e. The van der Waals surface area contributed by atoms with Gasteiger partial charge in [-0.05, 0) is 51.3 Å². The van der Waals surface area contributed by atoms with Crippen LogP contribution in [0, 0.1) is 5.92 Å². The summed E-state index contributed by atoms with van der Waals surface area (Å²) in [6, 6.07) is 6.80. The Kier molecular flexibility index (Phi) is 6.90. The molecule has 8 heteroatoms. The minimum atomic E-state index is -0.779. The number of carbonyl (C=O) groups excluding carboxylic acids is 3. The topological polar surface area (TPSA) is 97.3 Å². The highest BCUT2D eigenvalue weighted by molar-refractivity contribution is 6.03. The van der Waals surface area contributed by atoms with Crippen LogP contribution >= 0.6 is 0 Å². The first-order chi connectivity index (χ1) is 13.8. The Labute approximate surface area is 177 Å². The Bertz CT molecular complexity index is 857. The van der Waals surface area contributed by atoms with E-state index in [2.05, 4.69) is 10.3 Å². The van der Waals surface area contributed by atoms with Gasteiger partial charge >= 0.3 is 12.1 Å². The van der Waals surface area contributed by atoms with Gasteiger partial charge in [0.2, 0.25) is 11.9 Å². The molecule has 1 heterocycles. The van der Waals surface area contributed by atoms with Gasteiger partial charge in [0.15, 0.2) is 0 Å². The van der Waals surface area contributed by atoms with E-state index in [1.807, 2.05) is 20.8 Å². The summed E-state index contributed by atoms with van der Waals surface area (Å²) >= 11 is 0. The fourth-order valence-electron chi connectivity index (χ4n) is 2.96. The normalized spacial score (nSPS) is 20.9. The van der Waals surface area contributed by atoms with E-state index in [1.165, 1.54) is 12.0 Å². The average molecular weight is 418 g/mol. The maximum atomic E-state index is 13.0. The second-order valence-corrected chi connectivity index (χ2v) is 8.96. The van der Waals surface area contributed by atoms with Crippen molar-refractivity contribution >= 4 is 23.9 Å². The van der Waals surface area contributed by atoms with Crippen molar-refractivity contribution in [3.8, 4) is 0 Å². The van der Waals surface area contributed by atoms with Crippen LogP contribution in [0.4, 0.5) is 4.79 Å².